The fourth-order valence-corrected chi connectivity index (χ4v) is 6.85. The van der Waals surface area contributed by atoms with Crippen molar-refractivity contribution in [1.29, 1.82) is 0 Å². The number of urea groups is 1. The van der Waals surface area contributed by atoms with Crippen LogP contribution in [0.1, 0.15) is 71.5 Å². The summed E-state index contributed by atoms with van der Waals surface area (Å²) in [6.45, 7) is 2.10. The van der Waals surface area contributed by atoms with Gasteiger partial charge in [-0.2, -0.15) is 0 Å². The van der Waals surface area contributed by atoms with Crippen molar-refractivity contribution in [2.45, 2.75) is 62.8 Å². The third-order valence-electron chi connectivity index (χ3n) is 8.39. The van der Waals surface area contributed by atoms with Crippen molar-refractivity contribution in [3.63, 3.8) is 0 Å². The Morgan fingerprint density at radius 2 is 1.52 bits per heavy atom. The maximum absolute atomic E-state index is 13.8. The lowest BCUT2D eigenvalue weighted by molar-refractivity contribution is -0.136. The molecule has 4 aromatic carbocycles. The number of benzene rings is 4. The summed E-state index contributed by atoms with van der Waals surface area (Å²) in [4.78, 5) is 38.6. The number of carbonyl (C=O) groups is 3. The third kappa shape index (κ3) is 9.22. The molecule has 1 fully saturated rings. The van der Waals surface area contributed by atoms with Gasteiger partial charge in [0.05, 0.1) is 17.9 Å². The molecule has 4 aromatic rings. The van der Waals surface area contributed by atoms with E-state index in [4.69, 9.17) is 5.11 Å². The van der Waals surface area contributed by atoms with E-state index in [0.29, 0.717) is 28.5 Å². The number of rotatable bonds is 12. The fourth-order valence-electron chi connectivity index (χ4n) is 5.80. The molecule has 1 aliphatic rings. The van der Waals surface area contributed by atoms with Crippen molar-refractivity contribution >= 4 is 45.0 Å². The van der Waals surface area contributed by atoms with Gasteiger partial charge in [-0.05, 0) is 103 Å². The molecule has 0 aliphatic heterocycles. The second-order valence-corrected chi connectivity index (χ2v) is 13.7. The zero-order valence-corrected chi connectivity index (χ0v) is 27.6. The fraction of sp³-hybridized carbons (Fsp3) is 0.270. The molecule has 1 aliphatic carbocycles. The number of nitrogens with zero attached hydrogens (tertiary/aromatic N) is 1. The quantitative estimate of drug-likeness (QED) is 0.125. The highest BCUT2D eigenvalue weighted by Crippen LogP contribution is 2.34. The van der Waals surface area contributed by atoms with Gasteiger partial charge in [0, 0.05) is 29.2 Å². The monoisotopic (exact) mass is 668 g/mol. The van der Waals surface area contributed by atoms with Crippen LogP contribution in [-0.2, 0) is 21.4 Å². The highest BCUT2D eigenvalue weighted by Gasteiger charge is 2.21. The van der Waals surface area contributed by atoms with Crippen LogP contribution >= 0.6 is 0 Å². The van der Waals surface area contributed by atoms with Gasteiger partial charge in [-0.25, -0.2) is 13.2 Å². The molecule has 0 saturated heterocycles. The van der Waals surface area contributed by atoms with Crippen molar-refractivity contribution < 1.29 is 27.9 Å². The standard InChI is InChI=1S/C37H40N4O6S/c1-26-6-5-9-32(24-26)40-48(46,47)34-20-16-31(17-21-34)39-37(45)41(33-18-14-29(15-19-33)28-7-3-2-4-8-28)25-27-10-12-30(13-11-27)36(44)38-23-22-35(42)43/h5-6,9-21,24,28,40H,2-4,7-8,22-23,25H2,1H3,(H,38,44)(H,39,45)(H,42,43). The summed E-state index contributed by atoms with van der Waals surface area (Å²) in [6.07, 6.45) is 5.85. The highest BCUT2D eigenvalue weighted by atomic mass is 32.2. The molecule has 10 nitrogen and oxygen atoms in total. The molecule has 0 aromatic heterocycles. The van der Waals surface area contributed by atoms with Crippen LogP contribution in [0.4, 0.5) is 21.9 Å². The van der Waals surface area contributed by atoms with E-state index in [9.17, 15) is 22.8 Å². The predicted octanol–water partition coefficient (Wildman–Crippen LogP) is 7.29. The van der Waals surface area contributed by atoms with E-state index in [2.05, 4.69) is 27.5 Å². The molecule has 3 amide bonds. The minimum atomic E-state index is -3.84. The van der Waals surface area contributed by atoms with E-state index in [-0.39, 0.29) is 30.3 Å². The SMILES string of the molecule is Cc1cccc(NS(=O)(=O)c2ccc(NC(=O)N(Cc3ccc(C(=O)NCCC(=O)O)cc3)c3ccc(C4CCCCC4)cc3)cc2)c1. The van der Waals surface area contributed by atoms with E-state index in [1.54, 1.807) is 59.5 Å². The molecule has 0 spiro atoms. The summed E-state index contributed by atoms with van der Waals surface area (Å²) >= 11 is 0. The number of hydrogen-bond acceptors (Lipinski definition) is 5. The largest absolute Gasteiger partial charge is 0.481 e. The Bertz CT molecular complexity index is 1840. The zero-order valence-electron chi connectivity index (χ0n) is 26.8. The Kier molecular flexibility index (Phi) is 11.1. The van der Waals surface area contributed by atoms with Crippen molar-refractivity contribution in [2.24, 2.45) is 0 Å². The van der Waals surface area contributed by atoms with Gasteiger partial charge >= 0.3 is 12.0 Å². The second-order valence-electron chi connectivity index (χ2n) is 12.0. The van der Waals surface area contributed by atoms with E-state index >= 15 is 0 Å². The van der Waals surface area contributed by atoms with E-state index in [0.717, 1.165) is 24.0 Å². The highest BCUT2D eigenvalue weighted by molar-refractivity contribution is 7.92. The van der Waals surface area contributed by atoms with Crippen LogP contribution in [0.2, 0.25) is 0 Å². The van der Waals surface area contributed by atoms with Gasteiger partial charge in [0.1, 0.15) is 0 Å². The summed E-state index contributed by atoms with van der Waals surface area (Å²) < 4.78 is 28.5. The first-order chi connectivity index (χ1) is 23.1. The molecular formula is C37H40N4O6S. The normalized spacial score (nSPS) is 13.4. The van der Waals surface area contributed by atoms with Crippen LogP contribution in [0.5, 0.6) is 0 Å². The molecule has 4 N–H and O–H groups in total. The van der Waals surface area contributed by atoms with Gasteiger partial charge in [0.15, 0.2) is 0 Å². The topological polar surface area (TPSA) is 145 Å². The number of carboxylic acid groups (broad SMARTS) is 1. The van der Waals surface area contributed by atoms with Gasteiger partial charge in [0.2, 0.25) is 0 Å². The Morgan fingerprint density at radius 1 is 0.833 bits per heavy atom. The van der Waals surface area contributed by atoms with Gasteiger partial charge in [0.25, 0.3) is 15.9 Å². The Labute approximate surface area is 281 Å². The van der Waals surface area contributed by atoms with Crippen LogP contribution in [0.15, 0.2) is 102 Å². The molecule has 0 unspecified atom stereocenters. The molecule has 0 atom stereocenters. The van der Waals surface area contributed by atoms with E-state index in [1.165, 1.54) is 37.0 Å². The molecular weight excluding hydrogens is 628 g/mol. The van der Waals surface area contributed by atoms with Crippen molar-refractivity contribution in [3.8, 4) is 0 Å². The summed E-state index contributed by atoms with van der Waals surface area (Å²) in [5.41, 5.74) is 4.90. The smallest absolute Gasteiger partial charge is 0.326 e. The van der Waals surface area contributed by atoms with Gasteiger partial charge in [-0.1, -0.05) is 55.7 Å². The minimum Gasteiger partial charge on any atom is -0.481 e. The van der Waals surface area contributed by atoms with Crippen LogP contribution in [-0.4, -0.2) is 38.0 Å². The summed E-state index contributed by atoms with van der Waals surface area (Å²) in [7, 11) is -3.84. The van der Waals surface area contributed by atoms with Crippen LogP contribution in [0.3, 0.4) is 0 Å². The lowest BCUT2D eigenvalue weighted by Crippen LogP contribution is -2.34. The number of carbonyl (C=O) groups excluding carboxylic acids is 2. The molecule has 11 heteroatoms. The van der Waals surface area contributed by atoms with Gasteiger partial charge < -0.3 is 15.7 Å². The van der Waals surface area contributed by atoms with E-state index in [1.807, 2.05) is 25.1 Å². The van der Waals surface area contributed by atoms with Crippen LogP contribution in [0, 0.1) is 6.92 Å². The Balaban J connectivity index is 1.32. The maximum Gasteiger partial charge on any atom is 0.326 e. The summed E-state index contributed by atoms with van der Waals surface area (Å²) in [5, 5.41) is 14.3. The number of hydrogen-bond donors (Lipinski definition) is 4. The number of nitrogens with one attached hydrogen (secondary N) is 3. The lowest BCUT2D eigenvalue weighted by Gasteiger charge is -2.26. The second kappa shape index (κ2) is 15.6. The average Bonchev–Trinajstić information content (AvgIpc) is 3.08. The zero-order chi connectivity index (χ0) is 34.1. The number of aliphatic carboxylic acids is 1. The number of anilines is 3. The predicted molar refractivity (Wildman–Crippen MR) is 187 cm³/mol. The van der Waals surface area contributed by atoms with Crippen molar-refractivity contribution in [2.75, 3.05) is 21.5 Å². The molecule has 250 valence electrons. The van der Waals surface area contributed by atoms with Crippen LogP contribution in [0.25, 0.3) is 0 Å². The molecule has 0 radical (unpaired) electrons. The first-order valence-electron chi connectivity index (χ1n) is 16.0. The first kappa shape index (κ1) is 34.2. The average molecular weight is 669 g/mol. The van der Waals surface area contributed by atoms with Crippen molar-refractivity contribution in [1.82, 2.24) is 5.32 Å². The molecule has 5 rings (SSSR count). The number of amides is 3. The molecule has 0 bridgehead atoms. The maximum atomic E-state index is 13.8. The minimum absolute atomic E-state index is 0.0247. The summed E-state index contributed by atoms with van der Waals surface area (Å²) in [6, 6.07) is 27.5. The Morgan fingerprint density at radius 3 is 2.17 bits per heavy atom. The Hall–Kier alpha value is -5.16. The third-order valence-corrected chi connectivity index (χ3v) is 9.79. The van der Waals surface area contributed by atoms with Crippen molar-refractivity contribution in [3.05, 3.63) is 119 Å². The first-order valence-corrected chi connectivity index (χ1v) is 17.5. The molecule has 48 heavy (non-hydrogen) atoms. The van der Waals surface area contributed by atoms with Gasteiger partial charge in [-0.3, -0.25) is 19.2 Å². The molecule has 0 heterocycles. The van der Waals surface area contributed by atoms with E-state index < -0.39 is 22.0 Å². The lowest BCUT2D eigenvalue weighted by atomic mass is 9.84. The van der Waals surface area contributed by atoms with Crippen LogP contribution < -0.4 is 20.3 Å². The molecule has 1 saturated carbocycles. The number of sulfonamides is 1. The number of aryl methyl sites for hydroxylation is 1. The van der Waals surface area contributed by atoms with Gasteiger partial charge in [-0.15, -0.1) is 0 Å². The summed E-state index contributed by atoms with van der Waals surface area (Å²) in [5.74, 6) is -0.860. The number of carboxylic acids is 1.